The second kappa shape index (κ2) is 11.5. The van der Waals surface area contributed by atoms with Gasteiger partial charge in [0.2, 0.25) is 11.9 Å². The van der Waals surface area contributed by atoms with Gasteiger partial charge in [-0.2, -0.15) is 4.98 Å². The first-order valence-electron chi connectivity index (χ1n) is 13.8. The summed E-state index contributed by atoms with van der Waals surface area (Å²) in [6.45, 7) is 11.6. The summed E-state index contributed by atoms with van der Waals surface area (Å²) in [6.07, 6.45) is 7.90. The van der Waals surface area contributed by atoms with Gasteiger partial charge in [0.05, 0.1) is 11.6 Å². The van der Waals surface area contributed by atoms with Crippen molar-refractivity contribution >= 4 is 23.8 Å². The van der Waals surface area contributed by atoms with E-state index in [-0.39, 0.29) is 24.6 Å². The van der Waals surface area contributed by atoms with Gasteiger partial charge in [0.15, 0.2) is 0 Å². The molecule has 1 aliphatic carbocycles. The average Bonchev–Trinajstić information content (AvgIpc) is 2.92. The van der Waals surface area contributed by atoms with Crippen molar-refractivity contribution in [1.82, 2.24) is 19.8 Å². The lowest BCUT2D eigenvalue weighted by atomic mass is 9.79. The van der Waals surface area contributed by atoms with Crippen LogP contribution in [0.1, 0.15) is 68.3 Å². The lowest BCUT2D eigenvalue weighted by Gasteiger charge is -2.41. The fourth-order valence-corrected chi connectivity index (χ4v) is 5.59. The highest BCUT2D eigenvalue weighted by Crippen LogP contribution is 2.38. The molecule has 1 saturated carbocycles. The first-order valence-corrected chi connectivity index (χ1v) is 13.8. The van der Waals surface area contributed by atoms with Gasteiger partial charge in [-0.3, -0.25) is 14.6 Å². The van der Waals surface area contributed by atoms with Crippen molar-refractivity contribution in [3.8, 4) is 0 Å². The van der Waals surface area contributed by atoms with Crippen molar-refractivity contribution < 1.29 is 14.3 Å². The van der Waals surface area contributed by atoms with Crippen LogP contribution in [0.2, 0.25) is 0 Å². The second-order valence-corrected chi connectivity index (χ2v) is 10.5. The summed E-state index contributed by atoms with van der Waals surface area (Å²) in [7, 11) is 0. The Morgan fingerprint density at radius 2 is 1.89 bits per heavy atom. The minimum atomic E-state index is -0.376. The van der Waals surface area contributed by atoms with Crippen LogP contribution in [0.3, 0.4) is 0 Å². The van der Waals surface area contributed by atoms with Crippen LogP contribution in [-0.4, -0.2) is 64.5 Å². The fraction of sp³-hybridized carbons (Fsp3) is 0.517. The van der Waals surface area contributed by atoms with E-state index in [0.29, 0.717) is 24.4 Å². The van der Waals surface area contributed by atoms with Crippen molar-refractivity contribution in [2.24, 2.45) is 5.92 Å². The van der Waals surface area contributed by atoms with E-state index in [4.69, 9.17) is 4.74 Å². The fourth-order valence-electron chi connectivity index (χ4n) is 5.59. The summed E-state index contributed by atoms with van der Waals surface area (Å²) in [5, 5.41) is 3.39. The predicted molar refractivity (Wildman–Crippen MR) is 147 cm³/mol. The molecule has 0 unspecified atom stereocenters. The van der Waals surface area contributed by atoms with E-state index >= 15 is 0 Å². The summed E-state index contributed by atoms with van der Waals surface area (Å²) in [6, 6.07) is 9.23. The van der Waals surface area contributed by atoms with Gasteiger partial charge < -0.3 is 15.0 Å². The molecule has 1 aromatic heterocycles. The molecule has 202 valence electrons. The maximum atomic E-state index is 12.1. The highest BCUT2D eigenvalue weighted by Gasteiger charge is 2.31. The lowest BCUT2D eigenvalue weighted by Crippen LogP contribution is -2.49. The number of aromatic nitrogens is 2. The molecule has 5 rings (SSSR count). The summed E-state index contributed by atoms with van der Waals surface area (Å²) in [5.41, 5.74) is 3.28. The maximum Gasteiger partial charge on any atom is 0.415 e. The third-order valence-electron chi connectivity index (χ3n) is 8.17. The van der Waals surface area contributed by atoms with Gasteiger partial charge in [0.1, 0.15) is 12.4 Å². The first-order chi connectivity index (χ1) is 18.5. The molecule has 2 aromatic rings. The van der Waals surface area contributed by atoms with Crippen LogP contribution < -0.4 is 10.2 Å². The monoisotopic (exact) mass is 518 g/mol. The minimum Gasteiger partial charge on any atom is -0.444 e. The number of ether oxygens (including phenoxy) is 1. The van der Waals surface area contributed by atoms with Gasteiger partial charge >= 0.3 is 6.09 Å². The molecule has 3 heterocycles. The van der Waals surface area contributed by atoms with E-state index in [1.807, 2.05) is 11.8 Å². The molecular weight excluding hydrogens is 480 g/mol. The van der Waals surface area contributed by atoms with Crippen molar-refractivity contribution in [2.75, 3.05) is 42.9 Å². The summed E-state index contributed by atoms with van der Waals surface area (Å²) >= 11 is 0. The lowest BCUT2D eigenvalue weighted by molar-refractivity contribution is -0.128. The van der Waals surface area contributed by atoms with Crippen LogP contribution in [0.4, 0.5) is 16.6 Å². The van der Waals surface area contributed by atoms with Gasteiger partial charge in [-0.1, -0.05) is 50.1 Å². The van der Waals surface area contributed by atoms with Crippen molar-refractivity contribution in [3.05, 3.63) is 59.8 Å². The molecule has 1 saturated heterocycles. The van der Waals surface area contributed by atoms with E-state index in [1.54, 1.807) is 6.20 Å². The van der Waals surface area contributed by atoms with Crippen LogP contribution in [-0.2, 0) is 16.1 Å². The van der Waals surface area contributed by atoms with E-state index in [2.05, 4.69) is 58.0 Å². The highest BCUT2D eigenvalue weighted by atomic mass is 16.6. The molecule has 0 spiro atoms. The quantitative estimate of drug-likeness (QED) is 0.482. The number of hydrogen-bond donors (Lipinski definition) is 1. The number of carbonyl (C=O) groups is 2. The van der Waals surface area contributed by atoms with Crippen molar-refractivity contribution in [3.63, 3.8) is 0 Å². The number of anilines is 2. The summed E-state index contributed by atoms with van der Waals surface area (Å²) in [4.78, 5) is 39.2. The Labute approximate surface area is 224 Å². The zero-order valence-electron chi connectivity index (χ0n) is 22.4. The Kier molecular flexibility index (Phi) is 7.93. The molecule has 9 heteroatoms. The number of cyclic esters (lactones) is 1. The smallest absolute Gasteiger partial charge is 0.415 e. The summed E-state index contributed by atoms with van der Waals surface area (Å²) in [5.74, 6) is 1.91. The Hall–Kier alpha value is -3.46. The molecule has 2 amide bonds. The Balaban J connectivity index is 1.27. The molecule has 0 bridgehead atoms. The largest absolute Gasteiger partial charge is 0.444 e. The number of carbonyl (C=O) groups excluding carboxylic acids is 2. The molecular formula is C29H38N6O3. The minimum absolute atomic E-state index is 0.00809. The number of hydrogen-bond acceptors (Lipinski definition) is 7. The summed E-state index contributed by atoms with van der Waals surface area (Å²) < 4.78 is 5.19. The van der Waals surface area contributed by atoms with Gasteiger partial charge in [0, 0.05) is 45.0 Å². The molecule has 0 radical (unpaired) electrons. The average molecular weight is 519 g/mol. The molecule has 2 atom stereocenters. The van der Waals surface area contributed by atoms with E-state index in [9.17, 15) is 9.59 Å². The number of fused-ring (bicyclic) bond motifs is 1. The number of rotatable bonds is 9. The van der Waals surface area contributed by atoms with Gasteiger partial charge in [-0.25, -0.2) is 9.78 Å². The Morgan fingerprint density at radius 3 is 2.53 bits per heavy atom. The van der Waals surface area contributed by atoms with Gasteiger partial charge in [-0.05, 0) is 43.4 Å². The molecule has 1 N–H and O–H groups in total. The van der Waals surface area contributed by atoms with Crippen LogP contribution in [0.25, 0.3) is 0 Å². The van der Waals surface area contributed by atoms with Crippen LogP contribution in [0, 0.1) is 5.92 Å². The Bertz CT molecular complexity index is 1160. The van der Waals surface area contributed by atoms with Gasteiger partial charge in [0.25, 0.3) is 0 Å². The van der Waals surface area contributed by atoms with E-state index in [1.165, 1.54) is 42.2 Å². The van der Waals surface area contributed by atoms with E-state index in [0.717, 1.165) is 43.2 Å². The number of amides is 2. The molecule has 2 fully saturated rings. The molecule has 9 nitrogen and oxygen atoms in total. The standard InChI is InChI=1S/C29H38N6O3/c1-4-26(36)34-15-13-33(14-16-34)25(17-21-7-6-8-21)23-11-9-22(10-12-23)20(3)31-28-30-18-24-19-38-29(37)35(5-2)27(24)32-28/h4,9-12,18,20-21,25H,1,5-8,13-17,19H2,2-3H3,(H,30,31,32)/t20-,25+/m0/s1. The zero-order valence-corrected chi connectivity index (χ0v) is 22.4. The predicted octanol–water partition coefficient (Wildman–Crippen LogP) is 4.69. The zero-order chi connectivity index (χ0) is 26.6. The molecule has 2 aliphatic heterocycles. The van der Waals surface area contributed by atoms with Gasteiger partial charge in [-0.15, -0.1) is 0 Å². The second-order valence-electron chi connectivity index (χ2n) is 10.5. The maximum absolute atomic E-state index is 12.1. The van der Waals surface area contributed by atoms with Crippen LogP contribution in [0.5, 0.6) is 0 Å². The molecule has 1 aromatic carbocycles. The number of benzene rings is 1. The van der Waals surface area contributed by atoms with Crippen LogP contribution in [0.15, 0.2) is 43.1 Å². The number of nitrogens with zero attached hydrogens (tertiary/aromatic N) is 5. The van der Waals surface area contributed by atoms with Crippen molar-refractivity contribution in [2.45, 2.75) is 58.2 Å². The van der Waals surface area contributed by atoms with Crippen LogP contribution >= 0.6 is 0 Å². The highest BCUT2D eigenvalue weighted by molar-refractivity contribution is 5.89. The third-order valence-corrected chi connectivity index (χ3v) is 8.17. The normalized spacial score (nSPS) is 19.7. The first kappa shape index (κ1) is 26.2. The SMILES string of the molecule is C=CC(=O)N1CCN([C@H](CC2CCC2)c2ccc([C@H](C)Nc3ncc4c(n3)N(CC)C(=O)OC4)cc2)CC1. The number of piperazine rings is 1. The molecule has 38 heavy (non-hydrogen) atoms. The third kappa shape index (κ3) is 5.53. The topological polar surface area (TPSA) is 90.9 Å². The molecule has 3 aliphatic rings. The van der Waals surface area contributed by atoms with E-state index < -0.39 is 0 Å². The van der Waals surface area contributed by atoms with Crippen molar-refractivity contribution in [1.29, 1.82) is 0 Å². The number of nitrogens with one attached hydrogen (secondary N) is 1. The Morgan fingerprint density at radius 1 is 1.18 bits per heavy atom.